The maximum atomic E-state index is 13.2. The number of piperazine rings is 1. The summed E-state index contributed by atoms with van der Waals surface area (Å²) in [5, 5.41) is 3.40. The van der Waals surface area contributed by atoms with Crippen LogP contribution in [0.5, 0.6) is 0 Å². The average molecular weight is 326 g/mol. The van der Waals surface area contributed by atoms with E-state index in [4.69, 9.17) is 9.97 Å². The SMILES string of the molecule is Fc1ccc(-c2nc3c(c(N4CCNCC4)n2)CCCCC3)cc1. The quantitative estimate of drug-likeness (QED) is 0.862. The number of benzene rings is 1. The second-order valence-corrected chi connectivity index (χ2v) is 6.60. The van der Waals surface area contributed by atoms with Crippen LogP contribution in [-0.4, -0.2) is 36.1 Å². The second kappa shape index (κ2) is 6.85. The number of aromatic nitrogens is 2. The van der Waals surface area contributed by atoms with Crippen molar-refractivity contribution in [1.82, 2.24) is 15.3 Å². The van der Waals surface area contributed by atoms with Gasteiger partial charge in [0.25, 0.3) is 0 Å². The van der Waals surface area contributed by atoms with Crippen molar-refractivity contribution in [3.63, 3.8) is 0 Å². The fraction of sp³-hybridized carbons (Fsp3) is 0.474. The molecule has 126 valence electrons. The number of nitrogens with one attached hydrogen (secondary N) is 1. The first-order chi connectivity index (χ1) is 11.8. The number of hydrogen-bond donors (Lipinski definition) is 1. The molecule has 0 amide bonds. The van der Waals surface area contributed by atoms with Crippen molar-refractivity contribution in [3.8, 4) is 11.4 Å². The molecule has 0 atom stereocenters. The highest BCUT2D eigenvalue weighted by atomic mass is 19.1. The normalized spacial score (nSPS) is 18.1. The van der Waals surface area contributed by atoms with Crippen molar-refractivity contribution >= 4 is 5.82 Å². The monoisotopic (exact) mass is 326 g/mol. The van der Waals surface area contributed by atoms with Gasteiger partial charge in [-0.05, 0) is 49.9 Å². The van der Waals surface area contributed by atoms with Crippen molar-refractivity contribution in [1.29, 1.82) is 0 Å². The molecule has 0 radical (unpaired) electrons. The molecule has 1 fully saturated rings. The number of hydrogen-bond acceptors (Lipinski definition) is 4. The Morgan fingerprint density at radius 2 is 1.67 bits per heavy atom. The summed E-state index contributed by atoms with van der Waals surface area (Å²) in [6.07, 6.45) is 5.74. The van der Waals surface area contributed by atoms with Gasteiger partial charge in [0, 0.05) is 43.0 Å². The lowest BCUT2D eigenvalue weighted by atomic mass is 10.1. The van der Waals surface area contributed by atoms with Crippen LogP contribution in [0.3, 0.4) is 0 Å². The molecule has 1 aromatic heterocycles. The van der Waals surface area contributed by atoms with Crippen LogP contribution >= 0.6 is 0 Å². The number of anilines is 1. The molecule has 0 bridgehead atoms. The third-order valence-corrected chi connectivity index (χ3v) is 4.93. The Hall–Kier alpha value is -2.01. The fourth-order valence-electron chi connectivity index (χ4n) is 3.62. The molecule has 2 heterocycles. The van der Waals surface area contributed by atoms with Crippen LogP contribution in [0, 0.1) is 5.82 Å². The van der Waals surface area contributed by atoms with E-state index in [1.54, 1.807) is 12.1 Å². The van der Waals surface area contributed by atoms with E-state index in [0.29, 0.717) is 0 Å². The van der Waals surface area contributed by atoms with Crippen LogP contribution in [0.2, 0.25) is 0 Å². The molecule has 4 nitrogen and oxygen atoms in total. The van der Waals surface area contributed by atoms with Gasteiger partial charge in [-0.1, -0.05) is 6.42 Å². The molecule has 5 heteroatoms. The molecule has 1 N–H and O–H groups in total. The van der Waals surface area contributed by atoms with Gasteiger partial charge in [-0.2, -0.15) is 0 Å². The molecular weight excluding hydrogens is 303 g/mol. The number of fused-ring (bicyclic) bond motifs is 1. The maximum absolute atomic E-state index is 13.2. The van der Waals surface area contributed by atoms with E-state index < -0.39 is 0 Å². The van der Waals surface area contributed by atoms with Crippen molar-refractivity contribution in [2.24, 2.45) is 0 Å². The number of rotatable bonds is 2. The lowest BCUT2D eigenvalue weighted by molar-refractivity contribution is 0.582. The van der Waals surface area contributed by atoms with Crippen LogP contribution in [0.1, 0.15) is 30.5 Å². The molecule has 24 heavy (non-hydrogen) atoms. The standard InChI is InChI=1S/C19H23FN4/c20-15-8-6-14(7-9-15)18-22-17-5-3-1-2-4-16(17)19(23-18)24-12-10-21-11-13-24/h6-9,21H,1-5,10-13H2. The summed E-state index contributed by atoms with van der Waals surface area (Å²) in [5.41, 5.74) is 3.41. The van der Waals surface area contributed by atoms with Gasteiger partial charge < -0.3 is 10.2 Å². The highest BCUT2D eigenvalue weighted by Crippen LogP contribution is 2.30. The molecule has 4 rings (SSSR count). The molecule has 0 unspecified atom stereocenters. The van der Waals surface area contributed by atoms with Gasteiger partial charge in [0.2, 0.25) is 0 Å². The Labute approximate surface area is 142 Å². The summed E-state index contributed by atoms with van der Waals surface area (Å²) in [7, 11) is 0. The van der Waals surface area contributed by atoms with E-state index in [0.717, 1.165) is 56.2 Å². The summed E-state index contributed by atoms with van der Waals surface area (Å²) in [4.78, 5) is 12.2. The molecule has 1 aromatic carbocycles. The summed E-state index contributed by atoms with van der Waals surface area (Å²) >= 11 is 0. The Morgan fingerprint density at radius 1 is 0.917 bits per heavy atom. The van der Waals surface area contributed by atoms with Gasteiger partial charge in [0.15, 0.2) is 5.82 Å². The van der Waals surface area contributed by atoms with Crippen LogP contribution in [-0.2, 0) is 12.8 Å². The van der Waals surface area contributed by atoms with Gasteiger partial charge in [0.1, 0.15) is 11.6 Å². The van der Waals surface area contributed by atoms with E-state index in [2.05, 4.69) is 10.2 Å². The van der Waals surface area contributed by atoms with Gasteiger partial charge in [-0.25, -0.2) is 14.4 Å². The fourth-order valence-corrected chi connectivity index (χ4v) is 3.62. The minimum atomic E-state index is -0.226. The lowest BCUT2D eigenvalue weighted by Gasteiger charge is -2.31. The summed E-state index contributed by atoms with van der Waals surface area (Å²) in [6, 6.07) is 6.51. The predicted octanol–water partition coefficient (Wildman–Crippen LogP) is 2.96. The van der Waals surface area contributed by atoms with Crippen molar-refractivity contribution in [3.05, 3.63) is 41.3 Å². The summed E-state index contributed by atoms with van der Waals surface area (Å²) in [5.74, 6) is 1.60. The van der Waals surface area contributed by atoms with Crippen molar-refractivity contribution < 1.29 is 4.39 Å². The Bertz CT molecular complexity index is 708. The first kappa shape index (κ1) is 15.5. The molecule has 1 saturated heterocycles. The second-order valence-electron chi connectivity index (χ2n) is 6.60. The topological polar surface area (TPSA) is 41.1 Å². The third kappa shape index (κ3) is 3.13. The molecule has 0 spiro atoms. The minimum Gasteiger partial charge on any atom is -0.354 e. The lowest BCUT2D eigenvalue weighted by Crippen LogP contribution is -2.44. The minimum absolute atomic E-state index is 0.226. The zero-order chi connectivity index (χ0) is 16.4. The zero-order valence-electron chi connectivity index (χ0n) is 13.9. The molecule has 2 aliphatic rings. The molecule has 1 aliphatic heterocycles. The van der Waals surface area contributed by atoms with Crippen LogP contribution in [0.4, 0.5) is 10.2 Å². The summed E-state index contributed by atoms with van der Waals surface area (Å²) in [6.45, 7) is 3.94. The largest absolute Gasteiger partial charge is 0.354 e. The van der Waals surface area contributed by atoms with Crippen molar-refractivity contribution in [2.45, 2.75) is 32.1 Å². The Balaban J connectivity index is 1.80. The van der Waals surface area contributed by atoms with Gasteiger partial charge in [-0.3, -0.25) is 0 Å². The van der Waals surface area contributed by atoms with E-state index >= 15 is 0 Å². The maximum Gasteiger partial charge on any atom is 0.161 e. The van der Waals surface area contributed by atoms with Crippen LogP contribution < -0.4 is 10.2 Å². The highest BCUT2D eigenvalue weighted by Gasteiger charge is 2.22. The molecule has 0 saturated carbocycles. The predicted molar refractivity (Wildman–Crippen MR) is 93.8 cm³/mol. The highest BCUT2D eigenvalue weighted by molar-refractivity contribution is 5.61. The van der Waals surface area contributed by atoms with E-state index in [9.17, 15) is 4.39 Å². The Kier molecular flexibility index (Phi) is 4.43. The molecule has 2 aromatic rings. The first-order valence-corrected chi connectivity index (χ1v) is 8.93. The number of halogens is 1. The summed E-state index contributed by atoms with van der Waals surface area (Å²) < 4.78 is 13.2. The molecular formula is C19H23FN4. The van der Waals surface area contributed by atoms with Gasteiger partial charge in [0.05, 0.1) is 0 Å². The average Bonchev–Trinajstić information content (AvgIpc) is 2.87. The van der Waals surface area contributed by atoms with Gasteiger partial charge in [-0.15, -0.1) is 0 Å². The third-order valence-electron chi connectivity index (χ3n) is 4.93. The van der Waals surface area contributed by atoms with E-state index in [-0.39, 0.29) is 5.82 Å². The first-order valence-electron chi connectivity index (χ1n) is 8.93. The van der Waals surface area contributed by atoms with Crippen LogP contribution in [0.25, 0.3) is 11.4 Å². The van der Waals surface area contributed by atoms with E-state index in [1.165, 1.54) is 42.7 Å². The Morgan fingerprint density at radius 3 is 2.46 bits per heavy atom. The number of aryl methyl sites for hydroxylation is 1. The number of nitrogens with zero attached hydrogens (tertiary/aromatic N) is 3. The molecule has 1 aliphatic carbocycles. The van der Waals surface area contributed by atoms with Gasteiger partial charge >= 0.3 is 0 Å². The van der Waals surface area contributed by atoms with Crippen molar-refractivity contribution in [2.75, 3.05) is 31.1 Å². The smallest absolute Gasteiger partial charge is 0.161 e. The zero-order valence-corrected chi connectivity index (χ0v) is 13.9. The van der Waals surface area contributed by atoms with Crippen LogP contribution in [0.15, 0.2) is 24.3 Å². The van der Waals surface area contributed by atoms with E-state index in [1.807, 2.05) is 0 Å².